The average Bonchev–Trinajstić information content (AvgIpc) is 2.76. The normalized spacial score (nSPS) is 10.8. The minimum atomic E-state index is -0.302. The van der Waals surface area contributed by atoms with E-state index in [1.165, 1.54) is 0 Å². The lowest BCUT2D eigenvalue weighted by Crippen LogP contribution is -2.05. The molecule has 0 aliphatic carbocycles. The fourth-order valence-electron chi connectivity index (χ4n) is 2.50. The van der Waals surface area contributed by atoms with Crippen molar-refractivity contribution in [2.45, 2.75) is 20.0 Å². The van der Waals surface area contributed by atoms with Crippen LogP contribution in [0.4, 0.5) is 5.69 Å². The van der Waals surface area contributed by atoms with Crippen LogP contribution in [0.15, 0.2) is 83.9 Å². The van der Waals surface area contributed by atoms with Gasteiger partial charge in [-0.05, 0) is 66.1 Å². The lowest BCUT2D eigenvalue weighted by molar-refractivity contribution is 0.0505. The summed E-state index contributed by atoms with van der Waals surface area (Å²) in [7, 11) is 0. The Balaban J connectivity index is 1.54. The summed E-state index contributed by atoms with van der Waals surface area (Å²) in [4.78, 5) is 16.2. The van der Waals surface area contributed by atoms with Crippen LogP contribution in [0.2, 0.25) is 0 Å². The van der Waals surface area contributed by atoms with E-state index in [1.807, 2.05) is 61.5 Å². The Bertz CT molecular complexity index is 901. The van der Waals surface area contributed by atoms with Crippen molar-refractivity contribution in [2.24, 2.45) is 4.99 Å². The summed E-state index contributed by atoms with van der Waals surface area (Å²) in [6.45, 7) is 2.94. The van der Waals surface area contributed by atoms with E-state index in [0.717, 1.165) is 29.0 Å². The topological polar surface area (TPSA) is 47.9 Å². The van der Waals surface area contributed by atoms with Gasteiger partial charge < -0.3 is 9.47 Å². The van der Waals surface area contributed by atoms with Gasteiger partial charge in [-0.25, -0.2) is 4.79 Å². The van der Waals surface area contributed by atoms with E-state index in [-0.39, 0.29) is 5.97 Å². The highest BCUT2D eigenvalue weighted by Gasteiger charge is 2.05. The van der Waals surface area contributed by atoms with Gasteiger partial charge in [0.05, 0.1) is 17.9 Å². The number of benzene rings is 3. The molecule has 0 aliphatic heterocycles. The second-order valence-corrected chi connectivity index (χ2v) is 6.28. The van der Waals surface area contributed by atoms with Crippen molar-refractivity contribution < 1.29 is 14.3 Å². The molecule has 28 heavy (non-hydrogen) atoms. The highest BCUT2D eigenvalue weighted by Crippen LogP contribution is 2.16. The maximum absolute atomic E-state index is 11.8. The third-order valence-electron chi connectivity index (χ3n) is 4.03. The first kappa shape index (κ1) is 19.4. The molecule has 142 valence electrons. The second kappa shape index (κ2) is 10.1. The van der Waals surface area contributed by atoms with Gasteiger partial charge in [-0.1, -0.05) is 37.3 Å². The number of esters is 1. The standard InChI is InChI=1S/C24H23NO3/c1-2-16-27-24(26)21-10-12-22(13-11-21)25-17-19-8-14-23(15-9-19)28-18-20-6-4-3-5-7-20/h3-15,17H,2,16,18H2,1H3. The van der Waals surface area contributed by atoms with E-state index in [4.69, 9.17) is 9.47 Å². The van der Waals surface area contributed by atoms with Gasteiger partial charge in [0.2, 0.25) is 0 Å². The third-order valence-corrected chi connectivity index (χ3v) is 4.03. The Kier molecular flexibility index (Phi) is 6.96. The van der Waals surface area contributed by atoms with Crippen molar-refractivity contribution in [3.63, 3.8) is 0 Å². The van der Waals surface area contributed by atoms with Crippen molar-refractivity contribution in [2.75, 3.05) is 6.61 Å². The largest absolute Gasteiger partial charge is 0.489 e. The Morgan fingerprint density at radius 2 is 1.64 bits per heavy atom. The minimum Gasteiger partial charge on any atom is -0.489 e. The van der Waals surface area contributed by atoms with Crippen LogP contribution < -0.4 is 4.74 Å². The maximum atomic E-state index is 11.8. The predicted molar refractivity (Wildman–Crippen MR) is 111 cm³/mol. The number of aliphatic imine (C=N–C) groups is 1. The zero-order valence-electron chi connectivity index (χ0n) is 15.9. The molecule has 0 aliphatic rings. The van der Waals surface area contributed by atoms with Gasteiger partial charge in [0.25, 0.3) is 0 Å². The molecule has 0 unspecified atom stereocenters. The highest BCUT2D eigenvalue weighted by atomic mass is 16.5. The second-order valence-electron chi connectivity index (χ2n) is 6.28. The lowest BCUT2D eigenvalue weighted by atomic mass is 10.2. The SMILES string of the molecule is CCCOC(=O)c1ccc(N=Cc2ccc(OCc3ccccc3)cc2)cc1. The number of carbonyl (C=O) groups is 1. The molecule has 4 heteroatoms. The molecule has 0 saturated heterocycles. The summed E-state index contributed by atoms with van der Waals surface area (Å²) in [5.41, 5.74) is 3.41. The van der Waals surface area contributed by atoms with Crippen LogP contribution in [0.5, 0.6) is 5.75 Å². The Hall–Kier alpha value is -3.40. The zero-order chi connectivity index (χ0) is 19.6. The number of ether oxygens (including phenoxy) is 2. The molecule has 0 bridgehead atoms. The Labute approximate surface area is 165 Å². The summed E-state index contributed by atoms with van der Waals surface area (Å²) in [6.07, 6.45) is 2.59. The molecule has 0 aromatic heterocycles. The molecular weight excluding hydrogens is 350 g/mol. The quantitative estimate of drug-likeness (QED) is 0.382. The van der Waals surface area contributed by atoms with E-state index in [9.17, 15) is 4.79 Å². The summed E-state index contributed by atoms with van der Waals surface area (Å²) in [5, 5.41) is 0. The first-order valence-corrected chi connectivity index (χ1v) is 9.32. The smallest absolute Gasteiger partial charge is 0.338 e. The molecule has 0 saturated carbocycles. The first-order chi connectivity index (χ1) is 13.7. The van der Waals surface area contributed by atoms with Crippen molar-refractivity contribution in [3.05, 3.63) is 95.6 Å². The van der Waals surface area contributed by atoms with Crippen molar-refractivity contribution in [1.29, 1.82) is 0 Å². The van der Waals surface area contributed by atoms with Gasteiger partial charge in [0, 0.05) is 6.21 Å². The summed E-state index contributed by atoms with van der Waals surface area (Å²) in [5.74, 6) is 0.513. The van der Waals surface area contributed by atoms with Crippen LogP contribution in [-0.2, 0) is 11.3 Å². The number of rotatable bonds is 8. The Morgan fingerprint density at radius 1 is 0.929 bits per heavy atom. The zero-order valence-corrected chi connectivity index (χ0v) is 15.9. The monoisotopic (exact) mass is 373 g/mol. The van der Waals surface area contributed by atoms with Gasteiger partial charge in [-0.3, -0.25) is 4.99 Å². The van der Waals surface area contributed by atoms with E-state index in [0.29, 0.717) is 18.8 Å². The molecular formula is C24H23NO3. The third kappa shape index (κ3) is 5.81. The summed E-state index contributed by atoms with van der Waals surface area (Å²) < 4.78 is 10.9. The van der Waals surface area contributed by atoms with Gasteiger partial charge in [-0.15, -0.1) is 0 Å². The Morgan fingerprint density at radius 3 is 2.32 bits per heavy atom. The van der Waals surface area contributed by atoms with Crippen molar-refractivity contribution in [1.82, 2.24) is 0 Å². The fraction of sp³-hybridized carbons (Fsp3) is 0.167. The molecule has 0 N–H and O–H groups in total. The van der Waals surface area contributed by atoms with Gasteiger partial charge in [-0.2, -0.15) is 0 Å². The molecule has 3 aromatic rings. The molecule has 0 spiro atoms. The maximum Gasteiger partial charge on any atom is 0.338 e. The lowest BCUT2D eigenvalue weighted by Gasteiger charge is -2.06. The predicted octanol–water partition coefficient (Wildman–Crippen LogP) is 5.58. The first-order valence-electron chi connectivity index (χ1n) is 9.32. The van der Waals surface area contributed by atoms with Crippen LogP contribution >= 0.6 is 0 Å². The number of carbonyl (C=O) groups excluding carboxylic acids is 1. The van der Waals surface area contributed by atoms with Crippen LogP contribution in [0.25, 0.3) is 0 Å². The van der Waals surface area contributed by atoms with E-state index < -0.39 is 0 Å². The van der Waals surface area contributed by atoms with E-state index >= 15 is 0 Å². The van der Waals surface area contributed by atoms with Crippen molar-refractivity contribution >= 4 is 17.9 Å². The van der Waals surface area contributed by atoms with E-state index in [1.54, 1.807) is 30.5 Å². The number of hydrogen-bond donors (Lipinski definition) is 0. The van der Waals surface area contributed by atoms with Gasteiger partial charge >= 0.3 is 5.97 Å². The summed E-state index contributed by atoms with van der Waals surface area (Å²) >= 11 is 0. The van der Waals surface area contributed by atoms with Gasteiger partial charge in [0.1, 0.15) is 12.4 Å². The molecule has 3 aromatic carbocycles. The van der Waals surface area contributed by atoms with Crippen LogP contribution in [0, 0.1) is 0 Å². The van der Waals surface area contributed by atoms with Crippen LogP contribution in [0.1, 0.15) is 34.8 Å². The van der Waals surface area contributed by atoms with Crippen molar-refractivity contribution in [3.8, 4) is 5.75 Å². The molecule has 3 rings (SSSR count). The number of hydrogen-bond acceptors (Lipinski definition) is 4. The highest BCUT2D eigenvalue weighted by molar-refractivity contribution is 5.90. The van der Waals surface area contributed by atoms with Gasteiger partial charge in [0.15, 0.2) is 0 Å². The molecule has 0 radical (unpaired) electrons. The summed E-state index contributed by atoms with van der Waals surface area (Å²) in [6, 6.07) is 24.9. The molecule has 4 nitrogen and oxygen atoms in total. The molecule has 0 fully saturated rings. The molecule has 0 amide bonds. The fourth-order valence-corrected chi connectivity index (χ4v) is 2.50. The average molecular weight is 373 g/mol. The van der Waals surface area contributed by atoms with Crippen LogP contribution in [0.3, 0.4) is 0 Å². The minimum absolute atomic E-state index is 0.302. The molecule has 0 atom stereocenters. The van der Waals surface area contributed by atoms with E-state index in [2.05, 4.69) is 4.99 Å². The van der Waals surface area contributed by atoms with Crippen LogP contribution in [-0.4, -0.2) is 18.8 Å². The molecule has 0 heterocycles. The number of nitrogens with zero attached hydrogens (tertiary/aromatic N) is 1.